The van der Waals surface area contributed by atoms with Gasteiger partial charge in [-0.3, -0.25) is 14.7 Å². The predicted octanol–water partition coefficient (Wildman–Crippen LogP) is 1.58. The number of rotatable bonds is 5. The molecule has 126 valence electrons. The average Bonchev–Trinajstić information content (AvgIpc) is 2.84. The summed E-state index contributed by atoms with van der Waals surface area (Å²) in [6, 6.07) is 0. The van der Waals surface area contributed by atoms with Gasteiger partial charge in [0.2, 0.25) is 11.8 Å². The number of amides is 1. The van der Waals surface area contributed by atoms with E-state index in [1.807, 2.05) is 0 Å². The number of likely N-dealkylation sites (tertiary alicyclic amines) is 2. The minimum atomic E-state index is 0.294. The van der Waals surface area contributed by atoms with Crippen LogP contribution in [0.15, 0.2) is 18.6 Å². The maximum atomic E-state index is 12.4. The zero-order valence-corrected chi connectivity index (χ0v) is 13.7. The molecule has 1 aromatic heterocycles. The van der Waals surface area contributed by atoms with Crippen molar-refractivity contribution in [2.75, 3.05) is 39.3 Å². The highest BCUT2D eigenvalue weighted by atomic mass is 16.5. The molecule has 1 atom stereocenters. The van der Waals surface area contributed by atoms with Gasteiger partial charge in [0.25, 0.3) is 0 Å². The van der Waals surface area contributed by atoms with Gasteiger partial charge < -0.3 is 9.64 Å². The smallest absolute Gasteiger partial charge is 0.236 e. The number of nitrogens with zero attached hydrogens (tertiary/aromatic N) is 4. The molecule has 0 aliphatic carbocycles. The Bertz CT molecular complexity index is 489. The summed E-state index contributed by atoms with van der Waals surface area (Å²) in [6.07, 6.45) is 10.8. The molecule has 2 saturated heterocycles. The van der Waals surface area contributed by atoms with Crippen LogP contribution in [0, 0.1) is 5.92 Å². The summed E-state index contributed by atoms with van der Waals surface area (Å²) in [7, 11) is 0. The molecule has 1 amide bonds. The summed E-state index contributed by atoms with van der Waals surface area (Å²) in [5, 5.41) is 0. The van der Waals surface area contributed by atoms with Crippen LogP contribution in [0.1, 0.15) is 32.1 Å². The molecule has 3 heterocycles. The lowest BCUT2D eigenvalue weighted by molar-refractivity contribution is -0.132. The molecular formula is C17H26N4O2. The van der Waals surface area contributed by atoms with Gasteiger partial charge in [-0.05, 0) is 25.8 Å². The Balaban J connectivity index is 1.40. The maximum absolute atomic E-state index is 12.4. The van der Waals surface area contributed by atoms with Gasteiger partial charge in [-0.15, -0.1) is 0 Å². The molecule has 6 heteroatoms. The molecule has 6 nitrogen and oxygen atoms in total. The van der Waals surface area contributed by atoms with E-state index in [1.165, 1.54) is 12.8 Å². The molecule has 0 spiro atoms. The van der Waals surface area contributed by atoms with E-state index < -0.39 is 0 Å². The standard InChI is InChI=1S/C17H26N4O2/c22-17(21-8-3-1-2-4-9-21)13-20-10-5-15(12-20)14-23-16-11-18-6-7-19-16/h6-7,11,15H,1-5,8-10,12-14H2. The van der Waals surface area contributed by atoms with Gasteiger partial charge in [-0.1, -0.05) is 12.8 Å². The largest absolute Gasteiger partial charge is 0.476 e. The van der Waals surface area contributed by atoms with Crippen LogP contribution in [-0.4, -0.2) is 65.0 Å². The summed E-state index contributed by atoms with van der Waals surface area (Å²) >= 11 is 0. The first-order chi connectivity index (χ1) is 11.3. The van der Waals surface area contributed by atoms with E-state index >= 15 is 0 Å². The highest BCUT2D eigenvalue weighted by Crippen LogP contribution is 2.18. The van der Waals surface area contributed by atoms with Crippen LogP contribution in [0.5, 0.6) is 5.88 Å². The van der Waals surface area contributed by atoms with Crippen molar-refractivity contribution in [2.45, 2.75) is 32.1 Å². The molecule has 3 rings (SSSR count). The molecule has 0 saturated carbocycles. The Morgan fingerprint density at radius 2 is 2.00 bits per heavy atom. The Morgan fingerprint density at radius 3 is 2.74 bits per heavy atom. The molecule has 0 bridgehead atoms. The Labute approximate surface area is 137 Å². The monoisotopic (exact) mass is 318 g/mol. The second-order valence-corrected chi connectivity index (χ2v) is 6.54. The third kappa shape index (κ3) is 4.89. The highest BCUT2D eigenvalue weighted by Gasteiger charge is 2.26. The summed E-state index contributed by atoms with van der Waals surface area (Å²) in [6.45, 7) is 4.99. The zero-order valence-electron chi connectivity index (χ0n) is 13.7. The van der Waals surface area contributed by atoms with Crippen LogP contribution < -0.4 is 4.74 Å². The van der Waals surface area contributed by atoms with Crippen LogP contribution >= 0.6 is 0 Å². The number of carbonyl (C=O) groups excluding carboxylic acids is 1. The van der Waals surface area contributed by atoms with Crippen molar-refractivity contribution in [2.24, 2.45) is 5.92 Å². The van der Waals surface area contributed by atoms with Crippen molar-refractivity contribution in [1.82, 2.24) is 19.8 Å². The van der Waals surface area contributed by atoms with Gasteiger partial charge >= 0.3 is 0 Å². The molecule has 2 fully saturated rings. The van der Waals surface area contributed by atoms with Gasteiger partial charge in [0.15, 0.2) is 0 Å². The summed E-state index contributed by atoms with van der Waals surface area (Å²) in [4.78, 5) is 24.9. The quantitative estimate of drug-likeness (QED) is 0.825. The first-order valence-corrected chi connectivity index (χ1v) is 8.70. The van der Waals surface area contributed by atoms with Crippen molar-refractivity contribution in [1.29, 1.82) is 0 Å². The zero-order chi connectivity index (χ0) is 15.9. The van der Waals surface area contributed by atoms with Crippen molar-refractivity contribution in [3.63, 3.8) is 0 Å². The van der Waals surface area contributed by atoms with E-state index in [0.717, 1.165) is 45.4 Å². The molecule has 0 aromatic carbocycles. The predicted molar refractivity (Wildman–Crippen MR) is 87.1 cm³/mol. The second-order valence-electron chi connectivity index (χ2n) is 6.54. The van der Waals surface area contributed by atoms with E-state index in [4.69, 9.17) is 4.74 Å². The number of hydrogen-bond acceptors (Lipinski definition) is 5. The van der Waals surface area contributed by atoms with Gasteiger partial charge in [0, 0.05) is 37.9 Å². The van der Waals surface area contributed by atoms with Gasteiger partial charge in [-0.25, -0.2) is 4.98 Å². The minimum Gasteiger partial charge on any atom is -0.476 e. The fourth-order valence-corrected chi connectivity index (χ4v) is 3.37. The van der Waals surface area contributed by atoms with E-state index in [9.17, 15) is 4.79 Å². The first kappa shape index (κ1) is 16.2. The van der Waals surface area contributed by atoms with Gasteiger partial charge in [0.05, 0.1) is 19.3 Å². The topological polar surface area (TPSA) is 58.6 Å². The molecule has 0 radical (unpaired) electrons. The van der Waals surface area contributed by atoms with E-state index in [1.54, 1.807) is 18.6 Å². The fraction of sp³-hybridized carbons (Fsp3) is 0.706. The first-order valence-electron chi connectivity index (χ1n) is 8.70. The van der Waals surface area contributed by atoms with Crippen molar-refractivity contribution in [3.05, 3.63) is 18.6 Å². The molecule has 23 heavy (non-hydrogen) atoms. The van der Waals surface area contributed by atoms with Crippen molar-refractivity contribution >= 4 is 5.91 Å². The Hall–Kier alpha value is -1.69. The molecule has 2 aliphatic heterocycles. The number of ether oxygens (including phenoxy) is 1. The van der Waals surface area contributed by atoms with E-state index in [-0.39, 0.29) is 0 Å². The number of carbonyl (C=O) groups is 1. The van der Waals surface area contributed by atoms with Crippen LogP contribution in [0.4, 0.5) is 0 Å². The SMILES string of the molecule is O=C(CN1CCC(COc2cnccn2)C1)N1CCCCCC1. The highest BCUT2D eigenvalue weighted by molar-refractivity contribution is 5.78. The molecule has 1 aromatic rings. The van der Waals surface area contributed by atoms with Gasteiger partial charge in [-0.2, -0.15) is 0 Å². The Kier molecular flexibility index (Phi) is 5.80. The normalized spacial score (nSPS) is 22.8. The second kappa shape index (κ2) is 8.24. The molecule has 2 aliphatic rings. The molecular weight excluding hydrogens is 292 g/mol. The minimum absolute atomic E-state index is 0.294. The average molecular weight is 318 g/mol. The van der Waals surface area contributed by atoms with Crippen molar-refractivity contribution < 1.29 is 9.53 Å². The van der Waals surface area contributed by atoms with Crippen LogP contribution in [0.25, 0.3) is 0 Å². The summed E-state index contributed by atoms with van der Waals surface area (Å²) in [5.74, 6) is 1.34. The lowest BCUT2D eigenvalue weighted by Gasteiger charge is -2.24. The lowest BCUT2D eigenvalue weighted by Crippen LogP contribution is -2.40. The van der Waals surface area contributed by atoms with Crippen LogP contribution in [-0.2, 0) is 4.79 Å². The van der Waals surface area contributed by atoms with Crippen LogP contribution in [0.2, 0.25) is 0 Å². The molecule has 0 N–H and O–H groups in total. The van der Waals surface area contributed by atoms with Crippen LogP contribution in [0.3, 0.4) is 0 Å². The molecule has 1 unspecified atom stereocenters. The fourth-order valence-electron chi connectivity index (χ4n) is 3.37. The van der Waals surface area contributed by atoms with E-state index in [2.05, 4.69) is 19.8 Å². The Morgan fingerprint density at radius 1 is 1.17 bits per heavy atom. The summed E-state index contributed by atoms with van der Waals surface area (Å²) < 4.78 is 5.68. The van der Waals surface area contributed by atoms with Gasteiger partial charge in [0.1, 0.15) is 0 Å². The lowest BCUT2D eigenvalue weighted by atomic mass is 10.1. The third-order valence-corrected chi connectivity index (χ3v) is 4.69. The number of hydrogen-bond donors (Lipinski definition) is 0. The summed E-state index contributed by atoms with van der Waals surface area (Å²) in [5.41, 5.74) is 0. The third-order valence-electron chi connectivity index (χ3n) is 4.69. The number of aromatic nitrogens is 2. The van der Waals surface area contributed by atoms with Crippen molar-refractivity contribution in [3.8, 4) is 5.88 Å². The maximum Gasteiger partial charge on any atom is 0.236 e. The van der Waals surface area contributed by atoms with E-state index in [0.29, 0.717) is 30.9 Å².